The van der Waals surface area contributed by atoms with Crippen LogP contribution in [0.3, 0.4) is 0 Å². The largest absolute Gasteiger partial charge is 0.433 e. The third-order valence-corrected chi connectivity index (χ3v) is 4.46. The molecule has 7 heteroatoms. The lowest BCUT2D eigenvalue weighted by Gasteiger charge is -2.21. The Hall–Kier alpha value is -1.79. The van der Waals surface area contributed by atoms with E-state index in [-0.39, 0.29) is 11.4 Å². The van der Waals surface area contributed by atoms with Crippen LogP contribution in [0.1, 0.15) is 35.3 Å². The molecule has 4 nitrogen and oxygen atoms in total. The van der Waals surface area contributed by atoms with Crippen LogP contribution in [0.5, 0.6) is 0 Å². The van der Waals surface area contributed by atoms with Crippen molar-refractivity contribution in [1.82, 2.24) is 4.98 Å². The number of hydrogen-bond donors (Lipinski definition) is 1. The number of hydrogen-bond acceptors (Lipinski definition) is 3. The Morgan fingerprint density at radius 3 is 2.38 bits per heavy atom. The van der Waals surface area contributed by atoms with Crippen molar-refractivity contribution in [3.05, 3.63) is 23.4 Å². The molecule has 3 rings (SSSR count). The summed E-state index contributed by atoms with van der Waals surface area (Å²) in [5, 5.41) is 0. The normalized spacial score (nSPS) is 25.2. The lowest BCUT2D eigenvalue weighted by molar-refractivity contribution is -0.141. The van der Waals surface area contributed by atoms with Crippen molar-refractivity contribution in [2.75, 3.05) is 18.0 Å². The van der Waals surface area contributed by atoms with Gasteiger partial charge in [0.15, 0.2) is 0 Å². The molecule has 21 heavy (non-hydrogen) atoms. The Kier molecular flexibility index (Phi) is 3.30. The Morgan fingerprint density at radius 2 is 1.86 bits per heavy atom. The van der Waals surface area contributed by atoms with E-state index in [1.807, 2.05) is 0 Å². The van der Waals surface area contributed by atoms with Crippen molar-refractivity contribution in [2.45, 2.75) is 25.4 Å². The van der Waals surface area contributed by atoms with Crippen molar-refractivity contribution < 1.29 is 18.0 Å². The van der Waals surface area contributed by atoms with Gasteiger partial charge in [-0.2, -0.15) is 13.2 Å². The number of primary amides is 1. The number of rotatable bonds is 2. The third kappa shape index (κ3) is 2.56. The molecule has 1 aliphatic carbocycles. The fourth-order valence-electron chi connectivity index (χ4n) is 3.45. The van der Waals surface area contributed by atoms with Crippen LogP contribution >= 0.6 is 0 Å². The van der Waals surface area contributed by atoms with E-state index >= 15 is 0 Å². The third-order valence-electron chi connectivity index (χ3n) is 4.46. The summed E-state index contributed by atoms with van der Waals surface area (Å²) in [4.78, 5) is 16.9. The van der Waals surface area contributed by atoms with Gasteiger partial charge in [0.05, 0.1) is 5.56 Å². The number of amides is 1. The quantitative estimate of drug-likeness (QED) is 0.912. The van der Waals surface area contributed by atoms with Gasteiger partial charge in [-0.1, -0.05) is 6.42 Å². The van der Waals surface area contributed by atoms with Crippen molar-refractivity contribution in [3.8, 4) is 0 Å². The van der Waals surface area contributed by atoms with Crippen molar-refractivity contribution in [3.63, 3.8) is 0 Å². The summed E-state index contributed by atoms with van der Waals surface area (Å²) in [7, 11) is 0. The maximum absolute atomic E-state index is 12.8. The highest BCUT2D eigenvalue weighted by Crippen LogP contribution is 2.40. The first-order chi connectivity index (χ1) is 9.86. The van der Waals surface area contributed by atoms with Gasteiger partial charge in [0.25, 0.3) is 5.91 Å². The summed E-state index contributed by atoms with van der Waals surface area (Å²) in [6.45, 7) is 1.30. The Labute approximate surface area is 120 Å². The maximum Gasteiger partial charge on any atom is 0.433 e. The molecule has 1 aliphatic heterocycles. The highest BCUT2D eigenvalue weighted by atomic mass is 19.4. The molecule has 1 saturated carbocycles. The average molecular weight is 299 g/mol. The van der Waals surface area contributed by atoms with Gasteiger partial charge in [0.2, 0.25) is 0 Å². The highest BCUT2D eigenvalue weighted by Gasteiger charge is 2.39. The first kappa shape index (κ1) is 14.2. The maximum atomic E-state index is 12.8. The van der Waals surface area contributed by atoms with E-state index in [0.29, 0.717) is 24.9 Å². The fraction of sp³-hybridized carbons (Fsp3) is 0.571. The molecule has 0 aromatic carbocycles. The van der Waals surface area contributed by atoms with Gasteiger partial charge < -0.3 is 10.6 Å². The van der Waals surface area contributed by atoms with Crippen LogP contribution in [0.2, 0.25) is 0 Å². The summed E-state index contributed by atoms with van der Waals surface area (Å²) < 4.78 is 38.5. The molecule has 2 atom stereocenters. The second-order valence-corrected chi connectivity index (χ2v) is 5.79. The molecule has 114 valence electrons. The van der Waals surface area contributed by atoms with Crippen LogP contribution in [0.15, 0.2) is 12.1 Å². The molecule has 1 amide bonds. The number of fused-ring (bicyclic) bond motifs is 1. The van der Waals surface area contributed by atoms with Crippen LogP contribution in [0.25, 0.3) is 0 Å². The standard InChI is InChI=1S/C14H16F3N3O/c15-14(16,17)11-5-4-10(12(18)21)13(19-11)20-6-8-2-1-3-9(8)7-20/h4-5,8-9H,1-3,6-7H2,(H2,18,21). The van der Waals surface area contributed by atoms with Crippen LogP contribution in [0, 0.1) is 11.8 Å². The van der Waals surface area contributed by atoms with Gasteiger partial charge in [-0.3, -0.25) is 4.79 Å². The van der Waals surface area contributed by atoms with Crippen LogP contribution in [0.4, 0.5) is 19.0 Å². The molecule has 2 unspecified atom stereocenters. The minimum Gasteiger partial charge on any atom is -0.365 e. The molecule has 2 aliphatic rings. The first-order valence-electron chi connectivity index (χ1n) is 6.99. The summed E-state index contributed by atoms with van der Waals surface area (Å²) in [6, 6.07) is 1.93. The van der Waals surface area contributed by atoms with Gasteiger partial charge >= 0.3 is 6.18 Å². The number of nitrogens with two attached hydrogens (primary N) is 1. The number of carbonyl (C=O) groups excluding carboxylic acids is 1. The molecule has 2 fully saturated rings. The van der Waals surface area contributed by atoms with Gasteiger partial charge in [-0.05, 0) is 36.8 Å². The summed E-state index contributed by atoms with van der Waals surface area (Å²) >= 11 is 0. The second-order valence-electron chi connectivity index (χ2n) is 5.79. The minimum absolute atomic E-state index is 0.0583. The van der Waals surface area contributed by atoms with E-state index in [1.165, 1.54) is 6.42 Å². The van der Waals surface area contributed by atoms with E-state index < -0.39 is 17.8 Å². The zero-order valence-electron chi connectivity index (χ0n) is 11.4. The lowest BCUT2D eigenvalue weighted by atomic mass is 10.0. The number of halogens is 3. The lowest BCUT2D eigenvalue weighted by Crippen LogP contribution is -2.27. The molecule has 1 saturated heterocycles. The predicted octanol–water partition coefficient (Wildman–Crippen LogP) is 2.44. The smallest absolute Gasteiger partial charge is 0.365 e. The fourth-order valence-corrected chi connectivity index (χ4v) is 3.45. The van der Waals surface area contributed by atoms with Crippen molar-refractivity contribution >= 4 is 11.7 Å². The zero-order valence-corrected chi connectivity index (χ0v) is 11.4. The monoisotopic (exact) mass is 299 g/mol. The van der Waals surface area contributed by atoms with Crippen LogP contribution in [-0.2, 0) is 6.18 Å². The van der Waals surface area contributed by atoms with Crippen LogP contribution < -0.4 is 10.6 Å². The van der Waals surface area contributed by atoms with Crippen molar-refractivity contribution in [2.24, 2.45) is 17.6 Å². The van der Waals surface area contributed by atoms with E-state index in [9.17, 15) is 18.0 Å². The SMILES string of the molecule is NC(=O)c1ccc(C(F)(F)F)nc1N1CC2CCCC2C1. The molecule has 0 spiro atoms. The molecule has 1 aromatic rings. The topological polar surface area (TPSA) is 59.2 Å². The Balaban J connectivity index is 1.97. The van der Waals surface area contributed by atoms with Crippen molar-refractivity contribution in [1.29, 1.82) is 0 Å². The summed E-state index contributed by atoms with van der Waals surface area (Å²) in [6.07, 6.45) is -1.18. The molecule has 0 bridgehead atoms. The highest BCUT2D eigenvalue weighted by molar-refractivity contribution is 5.97. The molecule has 2 N–H and O–H groups in total. The first-order valence-corrected chi connectivity index (χ1v) is 6.99. The number of pyridine rings is 1. The summed E-state index contributed by atoms with van der Waals surface area (Å²) in [5.74, 6) is 0.305. The van der Waals surface area contributed by atoms with E-state index in [4.69, 9.17) is 5.73 Å². The summed E-state index contributed by atoms with van der Waals surface area (Å²) in [5.41, 5.74) is 4.34. The predicted molar refractivity (Wildman–Crippen MR) is 70.8 cm³/mol. The number of nitrogens with zero attached hydrogens (tertiary/aromatic N) is 2. The van der Waals surface area contributed by atoms with E-state index in [1.54, 1.807) is 4.90 Å². The van der Waals surface area contributed by atoms with E-state index in [0.717, 1.165) is 25.0 Å². The molecule has 2 heterocycles. The van der Waals surface area contributed by atoms with Gasteiger partial charge in [-0.15, -0.1) is 0 Å². The number of carbonyl (C=O) groups is 1. The number of alkyl halides is 3. The van der Waals surface area contributed by atoms with Gasteiger partial charge in [0, 0.05) is 13.1 Å². The second kappa shape index (κ2) is 4.89. The number of anilines is 1. The molecular formula is C14H16F3N3O. The molecular weight excluding hydrogens is 283 g/mol. The minimum atomic E-state index is -4.53. The van der Waals surface area contributed by atoms with Gasteiger partial charge in [0.1, 0.15) is 11.5 Å². The molecule has 1 aromatic heterocycles. The number of aromatic nitrogens is 1. The Bertz CT molecular complexity index is 561. The Morgan fingerprint density at radius 1 is 1.24 bits per heavy atom. The zero-order chi connectivity index (χ0) is 15.2. The average Bonchev–Trinajstić information content (AvgIpc) is 2.97. The van der Waals surface area contributed by atoms with Crippen LogP contribution in [-0.4, -0.2) is 24.0 Å². The molecule has 0 radical (unpaired) electrons. The van der Waals surface area contributed by atoms with E-state index in [2.05, 4.69) is 4.98 Å². The van der Waals surface area contributed by atoms with Gasteiger partial charge in [-0.25, -0.2) is 4.98 Å².